The number of ether oxygens (including phenoxy) is 1. The largest absolute Gasteiger partial charge is 0.469 e. The quantitative estimate of drug-likeness (QED) is 0.429. The van der Waals surface area contributed by atoms with Crippen LogP contribution in [0.5, 0.6) is 0 Å². The highest BCUT2D eigenvalue weighted by atomic mass is 16.5. The molecule has 0 aromatic heterocycles. The summed E-state index contributed by atoms with van der Waals surface area (Å²) in [4.78, 5) is 22.8. The van der Waals surface area contributed by atoms with E-state index in [4.69, 9.17) is 4.74 Å². The van der Waals surface area contributed by atoms with E-state index in [1.165, 1.54) is 7.11 Å². The molecule has 0 unspecified atom stereocenters. The van der Waals surface area contributed by atoms with Gasteiger partial charge in [-0.05, 0) is 44.4 Å². The first-order valence-corrected chi connectivity index (χ1v) is 6.41. The van der Waals surface area contributed by atoms with Crippen molar-refractivity contribution in [3.05, 3.63) is 12.2 Å². The van der Waals surface area contributed by atoms with Crippen LogP contribution in [0.3, 0.4) is 0 Å². The van der Waals surface area contributed by atoms with Gasteiger partial charge in [0.1, 0.15) is 6.29 Å². The summed E-state index contributed by atoms with van der Waals surface area (Å²) >= 11 is 0. The van der Waals surface area contributed by atoms with Crippen molar-refractivity contribution >= 4 is 12.3 Å². The summed E-state index contributed by atoms with van der Waals surface area (Å²) in [6.45, 7) is 0. The third-order valence-electron chi connectivity index (χ3n) is 4.47. The molecule has 3 heteroatoms. The lowest BCUT2D eigenvalue weighted by Crippen LogP contribution is -2.39. The number of aldehydes is 1. The normalized spacial score (nSPS) is 31.1. The van der Waals surface area contributed by atoms with E-state index in [0.717, 1.165) is 44.8 Å². The predicted octanol–water partition coefficient (Wildman–Crippen LogP) is 2.50. The highest BCUT2D eigenvalue weighted by Gasteiger charge is 2.47. The molecule has 0 saturated heterocycles. The van der Waals surface area contributed by atoms with Gasteiger partial charge in [0.2, 0.25) is 0 Å². The number of rotatable bonds is 3. The van der Waals surface area contributed by atoms with Crippen molar-refractivity contribution in [3.8, 4) is 0 Å². The average molecular weight is 236 g/mol. The summed E-state index contributed by atoms with van der Waals surface area (Å²) in [5.74, 6) is 0.508. The van der Waals surface area contributed by atoms with E-state index in [2.05, 4.69) is 12.2 Å². The second kappa shape index (κ2) is 5.03. The van der Waals surface area contributed by atoms with Crippen LogP contribution in [0.25, 0.3) is 0 Å². The van der Waals surface area contributed by atoms with Crippen molar-refractivity contribution in [2.45, 2.75) is 38.5 Å². The number of carbonyl (C=O) groups excluding carboxylic acids is 2. The molecule has 0 N–H and O–H groups in total. The Hall–Kier alpha value is -1.12. The molecule has 0 amide bonds. The SMILES string of the molecule is COC(=O)C1(C2CCC(C=O)CC2)CC=CC1. The van der Waals surface area contributed by atoms with Gasteiger partial charge in [-0.25, -0.2) is 0 Å². The molecule has 17 heavy (non-hydrogen) atoms. The molecular weight excluding hydrogens is 216 g/mol. The lowest BCUT2D eigenvalue weighted by Gasteiger charge is -2.38. The Balaban J connectivity index is 2.08. The third-order valence-corrected chi connectivity index (χ3v) is 4.47. The van der Waals surface area contributed by atoms with E-state index in [1.54, 1.807) is 0 Å². The van der Waals surface area contributed by atoms with Crippen molar-refractivity contribution in [3.63, 3.8) is 0 Å². The molecule has 1 saturated carbocycles. The maximum absolute atomic E-state index is 12.1. The van der Waals surface area contributed by atoms with Crippen LogP contribution in [-0.2, 0) is 14.3 Å². The second-order valence-corrected chi connectivity index (χ2v) is 5.28. The Kier molecular flexibility index (Phi) is 3.65. The minimum Gasteiger partial charge on any atom is -0.469 e. The average Bonchev–Trinajstić information content (AvgIpc) is 2.88. The summed E-state index contributed by atoms with van der Waals surface area (Å²) in [7, 11) is 1.47. The van der Waals surface area contributed by atoms with Crippen molar-refractivity contribution in [1.82, 2.24) is 0 Å². The molecule has 3 nitrogen and oxygen atoms in total. The molecule has 1 fully saturated rings. The third kappa shape index (κ3) is 2.15. The van der Waals surface area contributed by atoms with E-state index >= 15 is 0 Å². The van der Waals surface area contributed by atoms with Crippen LogP contribution in [0, 0.1) is 17.3 Å². The lowest BCUT2D eigenvalue weighted by atomic mass is 9.65. The summed E-state index contributed by atoms with van der Waals surface area (Å²) in [5, 5.41) is 0. The van der Waals surface area contributed by atoms with Gasteiger partial charge in [-0.1, -0.05) is 12.2 Å². The molecule has 94 valence electrons. The Bertz CT molecular complexity index is 316. The van der Waals surface area contributed by atoms with Crippen molar-refractivity contribution < 1.29 is 14.3 Å². The maximum Gasteiger partial charge on any atom is 0.312 e. The Morgan fingerprint density at radius 3 is 2.29 bits per heavy atom. The molecular formula is C14H20O3. The van der Waals surface area contributed by atoms with Gasteiger partial charge in [0, 0.05) is 5.92 Å². The van der Waals surface area contributed by atoms with Crippen molar-refractivity contribution in [1.29, 1.82) is 0 Å². The predicted molar refractivity (Wildman–Crippen MR) is 64.3 cm³/mol. The molecule has 0 radical (unpaired) electrons. The Morgan fingerprint density at radius 1 is 1.24 bits per heavy atom. The number of esters is 1. The van der Waals surface area contributed by atoms with Gasteiger partial charge in [-0.2, -0.15) is 0 Å². The molecule has 2 aliphatic rings. The highest BCUT2D eigenvalue weighted by Crippen LogP contribution is 2.48. The summed E-state index contributed by atoms with van der Waals surface area (Å²) in [6, 6.07) is 0. The monoisotopic (exact) mass is 236 g/mol. The number of hydrogen-bond acceptors (Lipinski definition) is 3. The molecule has 0 atom stereocenters. The van der Waals surface area contributed by atoms with Gasteiger partial charge < -0.3 is 9.53 Å². The first-order valence-electron chi connectivity index (χ1n) is 6.41. The fourth-order valence-corrected chi connectivity index (χ4v) is 3.35. The number of methoxy groups -OCH3 is 1. The van der Waals surface area contributed by atoms with Gasteiger partial charge in [0.15, 0.2) is 0 Å². The Morgan fingerprint density at radius 2 is 1.82 bits per heavy atom. The maximum atomic E-state index is 12.1. The molecule has 0 heterocycles. The van der Waals surface area contributed by atoms with Gasteiger partial charge >= 0.3 is 5.97 Å². The second-order valence-electron chi connectivity index (χ2n) is 5.28. The van der Waals surface area contributed by atoms with E-state index in [1.807, 2.05) is 0 Å². The van der Waals surface area contributed by atoms with E-state index in [9.17, 15) is 9.59 Å². The van der Waals surface area contributed by atoms with Gasteiger partial charge in [0.05, 0.1) is 12.5 Å². The molecule has 2 rings (SSSR count). The first kappa shape index (κ1) is 12.3. The van der Waals surface area contributed by atoms with E-state index in [-0.39, 0.29) is 17.3 Å². The van der Waals surface area contributed by atoms with Gasteiger partial charge in [-0.15, -0.1) is 0 Å². The summed E-state index contributed by atoms with van der Waals surface area (Å²) in [6.07, 6.45) is 10.6. The summed E-state index contributed by atoms with van der Waals surface area (Å²) < 4.78 is 5.00. The number of carbonyl (C=O) groups is 2. The fourth-order valence-electron chi connectivity index (χ4n) is 3.35. The molecule has 2 aliphatic carbocycles. The van der Waals surface area contributed by atoms with Crippen LogP contribution in [0.4, 0.5) is 0 Å². The topological polar surface area (TPSA) is 43.4 Å². The molecule has 0 bridgehead atoms. The molecule has 0 aliphatic heterocycles. The Labute approximate surface area is 102 Å². The zero-order valence-electron chi connectivity index (χ0n) is 10.4. The molecule has 0 aromatic carbocycles. The minimum atomic E-state index is -0.331. The zero-order valence-corrected chi connectivity index (χ0v) is 10.4. The van der Waals surface area contributed by atoms with E-state index in [0.29, 0.717) is 5.92 Å². The van der Waals surface area contributed by atoms with Crippen molar-refractivity contribution in [2.24, 2.45) is 17.3 Å². The zero-order chi connectivity index (χ0) is 12.3. The van der Waals surface area contributed by atoms with Crippen LogP contribution in [0.1, 0.15) is 38.5 Å². The highest BCUT2D eigenvalue weighted by molar-refractivity contribution is 5.78. The standard InChI is InChI=1S/C14H20O3/c1-17-13(16)14(8-2-3-9-14)12-6-4-11(10-15)5-7-12/h2-3,10-12H,4-9H2,1H3. The minimum absolute atomic E-state index is 0.0722. The fraction of sp³-hybridized carbons (Fsp3) is 0.714. The first-order chi connectivity index (χ1) is 8.23. The van der Waals surface area contributed by atoms with E-state index < -0.39 is 0 Å². The van der Waals surface area contributed by atoms with Crippen LogP contribution < -0.4 is 0 Å². The number of allylic oxidation sites excluding steroid dienone is 2. The lowest BCUT2D eigenvalue weighted by molar-refractivity contribution is -0.157. The molecule has 0 spiro atoms. The smallest absolute Gasteiger partial charge is 0.312 e. The van der Waals surface area contributed by atoms with Crippen LogP contribution >= 0.6 is 0 Å². The van der Waals surface area contributed by atoms with Crippen LogP contribution in [0.15, 0.2) is 12.2 Å². The van der Waals surface area contributed by atoms with Crippen LogP contribution in [-0.4, -0.2) is 19.4 Å². The van der Waals surface area contributed by atoms with Gasteiger partial charge in [0.25, 0.3) is 0 Å². The summed E-state index contributed by atoms with van der Waals surface area (Å²) in [5.41, 5.74) is -0.331. The number of hydrogen-bond donors (Lipinski definition) is 0. The molecule has 0 aromatic rings. The van der Waals surface area contributed by atoms with Crippen molar-refractivity contribution in [2.75, 3.05) is 7.11 Å². The van der Waals surface area contributed by atoms with Crippen LogP contribution in [0.2, 0.25) is 0 Å². The van der Waals surface area contributed by atoms with Gasteiger partial charge in [-0.3, -0.25) is 4.79 Å².